The molecule has 2 nitrogen and oxygen atoms in total. The summed E-state index contributed by atoms with van der Waals surface area (Å²) in [7, 11) is 0. The molecule has 1 aromatic rings. The highest BCUT2D eigenvalue weighted by Crippen LogP contribution is 2.31. The highest BCUT2D eigenvalue weighted by molar-refractivity contribution is 9.10. The van der Waals surface area contributed by atoms with Gasteiger partial charge >= 0.3 is 0 Å². The number of hydrogen-bond acceptors (Lipinski definition) is 2. The summed E-state index contributed by atoms with van der Waals surface area (Å²) in [5.41, 5.74) is 2.00. The van der Waals surface area contributed by atoms with Gasteiger partial charge < -0.3 is 9.84 Å². The minimum absolute atomic E-state index is 0.658. The van der Waals surface area contributed by atoms with E-state index in [1.54, 1.807) is 0 Å². The molecule has 0 saturated heterocycles. The summed E-state index contributed by atoms with van der Waals surface area (Å²) in [6.07, 6.45) is 3.33. The van der Waals surface area contributed by atoms with E-state index in [1.807, 2.05) is 31.2 Å². The van der Waals surface area contributed by atoms with Crippen LogP contribution in [0.5, 0.6) is 0 Å². The Kier molecular flexibility index (Phi) is 3.66. The normalized spacial score (nSPS) is 17.6. The zero-order chi connectivity index (χ0) is 11.5. The molecule has 3 heteroatoms. The van der Waals surface area contributed by atoms with Crippen LogP contribution in [0.25, 0.3) is 0 Å². The number of benzene rings is 1. The molecule has 1 aliphatic heterocycles. The molecule has 0 aliphatic carbocycles. The zero-order valence-corrected chi connectivity index (χ0v) is 10.8. The van der Waals surface area contributed by atoms with E-state index in [-0.39, 0.29) is 0 Å². The Bertz CT molecular complexity index is 412. The summed E-state index contributed by atoms with van der Waals surface area (Å²) < 4.78 is 6.40. The number of aryl methyl sites for hydroxylation is 1. The Morgan fingerprint density at radius 3 is 2.94 bits per heavy atom. The molecule has 0 saturated carbocycles. The number of aliphatic hydroxyl groups excluding tert-OH is 1. The Morgan fingerprint density at radius 1 is 1.44 bits per heavy atom. The van der Waals surface area contributed by atoms with Gasteiger partial charge in [-0.25, -0.2) is 0 Å². The predicted molar refractivity (Wildman–Crippen MR) is 67.1 cm³/mol. The van der Waals surface area contributed by atoms with Gasteiger partial charge in [-0.3, -0.25) is 0 Å². The Hall–Kier alpha value is -0.800. The molecule has 1 N–H and O–H groups in total. The summed E-state index contributed by atoms with van der Waals surface area (Å²) >= 11 is 3.45. The van der Waals surface area contributed by atoms with Crippen molar-refractivity contribution in [2.24, 2.45) is 0 Å². The molecule has 0 fully saturated rings. The molecular formula is C13H15BrO2. The van der Waals surface area contributed by atoms with Gasteiger partial charge in [0, 0.05) is 10.0 Å². The van der Waals surface area contributed by atoms with Gasteiger partial charge in [0.15, 0.2) is 0 Å². The average Bonchev–Trinajstić information content (AvgIpc) is 2.32. The molecule has 0 bridgehead atoms. The number of ether oxygens (including phenoxy) is 1. The SMILES string of the molecule is Cc1ccc(Br)c(C(O)C2=CCCCO2)c1. The van der Waals surface area contributed by atoms with Crippen LogP contribution >= 0.6 is 15.9 Å². The van der Waals surface area contributed by atoms with Crippen molar-refractivity contribution in [2.45, 2.75) is 25.9 Å². The zero-order valence-electron chi connectivity index (χ0n) is 9.24. The summed E-state index contributed by atoms with van der Waals surface area (Å²) in [5, 5.41) is 10.2. The first-order valence-corrected chi connectivity index (χ1v) is 6.25. The van der Waals surface area contributed by atoms with Gasteiger partial charge in [0.1, 0.15) is 11.9 Å². The first-order valence-electron chi connectivity index (χ1n) is 5.45. The fraction of sp³-hybridized carbons (Fsp3) is 0.385. The van der Waals surface area contributed by atoms with Crippen molar-refractivity contribution in [3.8, 4) is 0 Å². The third kappa shape index (κ3) is 2.47. The van der Waals surface area contributed by atoms with Crippen molar-refractivity contribution >= 4 is 15.9 Å². The largest absolute Gasteiger partial charge is 0.495 e. The van der Waals surface area contributed by atoms with Gasteiger partial charge in [0.25, 0.3) is 0 Å². The van der Waals surface area contributed by atoms with Crippen LogP contribution in [0.3, 0.4) is 0 Å². The first-order chi connectivity index (χ1) is 7.68. The van der Waals surface area contributed by atoms with Gasteiger partial charge in [-0.15, -0.1) is 0 Å². The van der Waals surface area contributed by atoms with Gasteiger partial charge in [-0.05, 0) is 31.9 Å². The molecule has 0 amide bonds. The van der Waals surface area contributed by atoms with Crippen LogP contribution in [0.2, 0.25) is 0 Å². The lowest BCUT2D eigenvalue weighted by Gasteiger charge is -2.21. The maximum atomic E-state index is 10.2. The van der Waals surface area contributed by atoms with E-state index < -0.39 is 6.10 Å². The highest BCUT2D eigenvalue weighted by Gasteiger charge is 2.19. The molecule has 2 rings (SSSR count). The standard InChI is InChI=1S/C13H15BrO2/c1-9-5-6-11(14)10(8-9)13(15)12-4-2-3-7-16-12/h4-6,8,13,15H,2-3,7H2,1H3. The number of halogens is 1. The van der Waals surface area contributed by atoms with Crippen LogP contribution in [0.15, 0.2) is 34.5 Å². The van der Waals surface area contributed by atoms with Crippen LogP contribution in [-0.4, -0.2) is 11.7 Å². The molecule has 86 valence electrons. The van der Waals surface area contributed by atoms with Crippen LogP contribution < -0.4 is 0 Å². The van der Waals surface area contributed by atoms with Crippen LogP contribution in [0.1, 0.15) is 30.1 Å². The summed E-state index contributed by atoms with van der Waals surface area (Å²) in [6, 6.07) is 5.95. The second kappa shape index (κ2) is 5.02. The Morgan fingerprint density at radius 2 is 2.25 bits per heavy atom. The topological polar surface area (TPSA) is 29.5 Å². The molecule has 1 unspecified atom stereocenters. The number of aliphatic hydroxyl groups is 1. The van der Waals surface area contributed by atoms with Crippen LogP contribution in [0.4, 0.5) is 0 Å². The smallest absolute Gasteiger partial charge is 0.137 e. The third-order valence-electron chi connectivity index (χ3n) is 2.68. The fourth-order valence-corrected chi connectivity index (χ4v) is 2.26. The summed E-state index contributed by atoms with van der Waals surface area (Å²) in [5.74, 6) is 0.678. The molecule has 0 spiro atoms. The van der Waals surface area contributed by atoms with Crippen molar-refractivity contribution in [3.63, 3.8) is 0 Å². The van der Waals surface area contributed by atoms with Gasteiger partial charge in [-0.2, -0.15) is 0 Å². The van der Waals surface area contributed by atoms with Crippen molar-refractivity contribution in [1.29, 1.82) is 0 Å². The monoisotopic (exact) mass is 282 g/mol. The van der Waals surface area contributed by atoms with E-state index in [4.69, 9.17) is 4.74 Å². The number of rotatable bonds is 2. The maximum Gasteiger partial charge on any atom is 0.137 e. The quantitative estimate of drug-likeness (QED) is 0.900. The Labute approximate surface area is 104 Å². The minimum Gasteiger partial charge on any atom is -0.495 e. The molecule has 1 atom stereocenters. The van der Waals surface area contributed by atoms with Gasteiger partial charge in [0.05, 0.1) is 6.61 Å². The highest BCUT2D eigenvalue weighted by atomic mass is 79.9. The lowest BCUT2D eigenvalue weighted by atomic mass is 10.0. The summed E-state index contributed by atoms with van der Waals surface area (Å²) in [4.78, 5) is 0. The van der Waals surface area contributed by atoms with Crippen molar-refractivity contribution in [3.05, 3.63) is 45.6 Å². The lowest BCUT2D eigenvalue weighted by molar-refractivity contribution is 0.0914. The second-order valence-electron chi connectivity index (χ2n) is 4.02. The molecule has 1 heterocycles. The lowest BCUT2D eigenvalue weighted by Crippen LogP contribution is -2.10. The average molecular weight is 283 g/mol. The van der Waals surface area contributed by atoms with Crippen LogP contribution in [-0.2, 0) is 4.74 Å². The molecule has 1 aliphatic rings. The molecule has 1 aromatic carbocycles. The van der Waals surface area contributed by atoms with Crippen molar-refractivity contribution in [2.75, 3.05) is 6.61 Å². The minimum atomic E-state index is -0.658. The van der Waals surface area contributed by atoms with Crippen molar-refractivity contribution in [1.82, 2.24) is 0 Å². The molecule has 0 radical (unpaired) electrons. The van der Waals surface area contributed by atoms with E-state index >= 15 is 0 Å². The van der Waals surface area contributed by atoms with Crippen molar-refractivity contribution < 1.29 is 9.84 Å². The van der Waals surface area contributed by atoms with Gasteiger partial charge in [0.2, 0.25) is 0 Å². The second-order valence-corrected chi connectivity index (χ2v) is 4.88. The fourth-order valence-electron chi connectivity index (χ4n) is 1.79. The van der Waals surface area contributed by atoms with Gasteiger partial charge in [-0.1, -0.05) is 33.6 Å². The summed E-state index contributed by atoms with van der Waals surface area (Å²) in [6.45, 7) is 2.71. The predicted octanol–water partition coefficient (Wildman–Crippen LogP) is 3.49. The van der Waals surface area contributed by atoms with E-state index in [9.17, 15) is 5.11 Å². The number of hydrogen-bond donors (Lipinski definition) is 1. The number of allylic oxidation sites excluding steroid dienone is 1. The maximum absolute atomic E-state index is 10.2. The third-order valence-corrected chi connectivity index (χ3v) is 3.40. The van der Waals surface area contributed by atoms with Crippen LogP contribution in [0, 0.1) is 6.92 Å². The Balaban J connectivity index is 2.29. The van der Waals surface area contributed by atoms with E-state index in [0.29, 0.717) is 12.4 Å². The molecule has 0 aromatic heterocycles. The molecular weight excluding hydrogens is 268 g/mol. The van der Waals surface area contributed by atoms with E-state index in [2.05, 4.69) is 15.9 Å². The van der Waals surface area contributed by atoms with E-state index in [1.165, 1.54) is 0 Å². The molecule has 16 heavy (non-hydrogen) atoms. The first kappa shape index (κ1) is 11.7. The van der Waals surface area contributed by atoms with E-state index in [0.717, 1.165) is 28.4 Å².